The first-order chi connectivity index (χ1) is 15.4. The molecule has 0 atom stereocenters. The van der Waals surface area contributed by atoms with Crippen LogP contribution in [0, 0.1) is 0 Å². The van der Waals surface area contributed by atoms with Crippen molar-refractivity contribution in [3.05, 3.63) is 40.3 Å². The van der Waals surface area contributed by atoms with Gasteiger partial charge in [0.25, 0.3) is 0 Å². The lowest BCUT2D eigenvalue weighted by molar-refractivity contribution is -0.132. The standard InChI is InChI=1S/C24H35N3O4S/c1-5-7-8-9-10-11-12-20(28)25-23-22(24(30)31-6-2)18-13-16-27(17-19(18)32-23)21(29)14-15-26(3)4/h7-8,10-11H,5-6,9,12-17H2,1-4H3,(H,25,28)/b8-7-,11-10-. The minimum atomic E-state index is -0.423. The fraction of sp³-hybridized carbons (Fsp3) is 0.542. The topological polar surface area (TPSA) is 79.0 Å². The summed E-state index contributed by atoms with van der Waals surface area (Å²) in [6.45, 7) is 5.82. The molecule has 176 valence electrons. The van der Waals surface area contributed by atoms with Crippen molar-refractivity contribution in [2.24, 2.45) is 0 Å². The molecule has 8 heteroatoms. The Morgan fingerprint density at radius 1 is 1.16 bits per heavy atom. The largest absolute Gasteiger partial charge is 0.462 e. The van der Waals surface area contributed by atoms with Crippen LogP contribution in [0.3, 0.4) is 0 Å². The van der Waals surface area contributed by atoms with Crippen LogP contribution in [0.1, 0.15) is 60.3 Å². The number of fused-ring (bicyclic) bond motifs is 1. The second-order valence-corrected chi connectivity index (χ2v) is 8.99. The summed E-state index contributed by atoms with van der Waals surface area (Å²) >= 11 is 1.37. The Bertz CT molecular complexity index is 858. The highest BCUT2D eigenvalue weighted by atomic mass is 32.1. The second kappa shape index (κ2) is 13.2. The average molecular weight is 462 g/mol. The van der Waals surface area contributed by atoms with Crippen molar-refractivity contribution in [1.82, 2.24) is 9.80 Å². The molecular weight excluding hydrogens is 426 g/mol. The van der Waals surface area contributed by atoms with Gasteiger partial charge >= 0.3 is 5.97 Å². The molecule has 0 unspecified atom stereocenters. The van der Waals surface area contributed by atoms with E-state index in [4.69, 9.17) is 4.74 Å². The highest BCUT2D eigenvalue weighted by molar-refractivity contribution is 7.17. The van der Waals surface area contributed by atoms with E-state index in [1.807, 2.05) is 36.0 Å². The minimum absolute atomic E-state index is 0.100. The van der Waals surface area contributed by atoms with Crippen molar-refractivity contribution >= 4 is 34.1 Å². The van der Waals surface area contributed by atoms with Gasteiger partial charge in [0.2, 0.25) is 11.8 Å². The van der Waals surface area contributed by atoms with E-state index >= 15 is 0 Å². The SMILES string of the molecule is CC/C=C\C/C=C\CC(=O)Nc1sc2c(c1C(=O)OCC)CCN(C(=O)CCN(C)C)C2. The van der Waals surface area contributed by atoms with Crippen LogP contribution in [0.2, 0.25) is 0 Å². The van der Waals surface area contributed by atoms with Crippen LogP contribution in [-0.2, 0) is 27.3 Å². The molecule has 2 heterocycles. The Labute approximate surface area is 195 Å². The summed E-state index contributed by atoms with van der Waals surface area (Å²) in [4.78, 5) is 42.4. The van der Waals surface area contributed by atoms with Crippen LogP contribution >= 0.6 is 11.3 Å². The predicted molar refractivity (Wildman–Crippen MR) is 129 cm³/mol. The normalized spacial score (nSPS) is 13.7. The lowest BCUT2D eigenvalue weighted by Crippen LogP contribution is -2.37. The molecule has 1 aromatic heterocycles. The van der Waals surface area contributed by atoms with Crippen molar-refractivity contribution in [3.63, 3.8) is 0 Å². The van der Waals surface area contributed by atoms with E-state index in [9.17, 15) is 14.4 Å². The number of carbonyl (C=O) groups is 3. The molecule has 0 bridgehead atoms. The van der Waals surface area contributed by atoms with Gasteiger partial charge in [-0.1, -0.05) is 31.2 Å². The number of ether oxygens (including phenoxy) is 1. The molecule has 32 heavy (non-hydrogen) atoms. The van der Waals surface area contributed by atoms with Crippen LogP contribution in [0.15, 0.2) is 24.3 Å². The van der Waals surface area contributed by atoms with E-state index in [1.165, 1.54) is 11.3 Å². The summed E-state index contributed by atoms with van der Waals surface area (Å²) in [5.74, 6) is -0.500. The Morgan fingerprint density at radius 3 is 2.59 bits per heavy atom. The van der Waals surface area contributed by atoms with Gasteiger partial charge in [0.15, 0.2) is 0 Å². The molecule has 7 nitrogen and oxygen atoms in total. The molecule has 0 radical (unpaired) electrons. The molecule has 1 aliphatic rings. The zero-order valence-corrected chi connectivity index (χ0v) is 20.4. The number of allylic oxidation sites excluding steroid dienone is 3. The average Bonchev–Trinajstić information content (AvgIpc) is 3.11. The number of amides is 2. The van der Waals surface area contributed by atoms with Crippen LogP contribution in [0.5, 0.6) is 0 Å². The number of anilines is 1. The van der Waals surface area contributed by atoms with Gasteiger partial charge < -0.3 is 19.9 Å². The molecular formula is C24H35N3O4S. The number of nitrogens with one attached hydrogen (secondary N) is 1. The minimum Gasteiger partial charge on any atom is -0.462 e. The van der Waals surface area contributed by atoms with E-state index in [0.717, 1.165) is 23.3 Å². The van der Waals surface area contributed by atoms with Gasteiger partial charge in [-0.15, -0.1) is 11.3 Å². The number of hydrogen-bond acceptors (Lipinski definition) is 6. The van der Waals surface area contributed by atoms with Crippen molar-refractivity contribution in [1.29, 1.82) is 0 Å². The van der Waals surface area contributed by atoms with E-state index in [1.54, 1.807) is 6.92 Å². The van der Waals surface area contributed by atoms with Crippen LogP contribution in [-0.4, -0.2) is 61.4 Å². The fourth-order valence-electron chi connectivity index (χ4n) is 3.41. The second-order valence-electron chi connectivity index (χ2n) is 7.89. The Kier molecular flexibility index (Phi) is 10.6. The summed E-state index contributed by atoms with van der Waals surface area (Å²) in [7, 11) is 3.89. The van der Waals surface area contributed by atoms with Gasteiger partial charge in [-0.25, -0.2) is 4.79 Å². The molecule has 1 N–H and O–H groups in total. The van der Waals surface area contributed by atoms with Crippen LogP contribution in [0.4, 0.5) is 5.00 Å². The molecule has 0 aromatic carbocycles. The van der Waals surface area contributed by atoms with Crippen molar-refractivity contribution in [3.8, 4) is 0 Å². The van der Waals surface area contributed by atoms with Crippen molar-refractivity contribution < 1.29 is 19.1 Å². The summed E-state index contributed by atoms with van der Waals surface area (Å²) in [6, 6.07) is 0. The van der Waals surface area contributed by atoms with Crippen LogP contribution < -0.4 is 5.32 Å². The molecule has 0 spiro atoms. The lowest BCUT2D eigenvalue weighted by atomic mass is 10.0. The van der Waals surface area contributed by atoms with Gasteiger partial charge in [-0.05, 0) is 45.8 Å². The number of nitrogens with zero attached hydrogens (tertiary/aromatic N) is 2. The van der Waals surface area contributed by atoms with E-state index in [-0.39, 0.29) is 24.8 Å². The lowest BCUT2D eigenvalue weighted by Gasteiger charge is -2.27. The molecule has 0 saturated carbocycles. The van der Waals surface area contributed by atoms with Gasteiger partial charge in [-0.2, -0.15) is 0 Å². The van der Waals surface area contributed by atoms with Crippen LogP contribution in [0.25, 0.3) is 0 Å². The molecule has 2 rings (SSSR count). The van der Waals surface area contributed by atoms with E-state index in [0.29, 0.717) is 43.0 Å². The molecule has 0 fully saturated rings. The quantitative estimate of drug-likeness (QED) is 0.398. The zero-order chi connectivity index (χ0) is 23.5. The molecule has 1 aromatic rings. The smallest absolute Gasteiger partial charge is 0.341 e. The van der Waals surface area contributed by atoms with Gasteiger partial charge in [0.1, 0.15) is 5.00 Å². The first-order valence-electron chi connectivity index (χ1n) is 11.2. The van der Waals surface area contributed by atoms with Gasteiger partial charge in [0.05, 0.1) is 18.7 Å². The maximum absolute atomic E-state index is 12.7. The third-order valence-corrected chi connectivity index (χ3v) is 6.19. The molecule has 2 amide bonds. The zero-order valence-electron chi connectivity index (χ0n) is 19.6. The van der Waals surface area contributed by atoms with Crippen molar-refractivity contribution in [2.75, 3.05) is 39.1 Å². The Morgan fingerprint density at radius 2 is 1.91 bits per heavy atom. The third-order valence-electron chi connectivity index (χ3n) is 5.06. The maximum atomic E-state index is 12.7. The van der Waals surface area contributed by atoms with Gasteiger partial charge in [-0.3, -0.25) is 9.59 Å². The third kappa shape index (κ3) is 7.60. The Balaban J connectivity index is 2.12. The first-order valence-corrected chi connectivity index (χ1v) is 12.0. The number of carbonyl (C=O) groups excluding carboxylic acids is 3. The molecule has 1 aliphatic heterocycles. The molecule has 0 aliphatic carbocycles. The molecule has 0 saturated heterocycles. The highest BCUT2D eigenvalue weighted by Gasteiger charge is 2.30. The summed E-state index contributed by atoms with van der Waals surface area (Å²) in [5, 5.41) is 3.41. The van der Waals surface area contributed by atoms with Gasteiger partial charge in [0, 0.05) is 30.8 Å². The Hall–Kier alpha value is -2.45. The monoisotopic (exact) mass is 461 g/mol. The number of thiophene rings is 1. The fourth-order valence-corrected chi connectivity index (χ4v) is 4.67. The van der Waals surface area contributed by atoms with E-state index < -0.39 is 5.97 Å². The maximum Gasteiger partial charge on any atom is 0.341 e. The van der Waals surface area contributed by atoms with Crippen molar-refractivity contribution in [2.45, 2.75) is 52.5 Å². The number of hydrogen-bond donors (Lipinski definition) is 1. The summed E-state index contributed by atoms with van der Waals surface area (Å²) < 4.78 is 5.26. The number of rotatable bonds is 11. The highest BCUT2D eigenvalue weighted by Crippen LogP contribution is 2.38. The first kappa shape index (κ1) is 25.8. The predicted octanol–water partition coefficient (Wildman–Crippen LogP) is 4.00. The van der Waals surface area contributed by atoms with E-state index in [2.05, 4.69) is 24.4 Å². The summed E-state index contributed by atoms with van der Waals surface area (Å²) in [6.07, 6.45) is 11.0. The number of esters is 1. The summed E-state index contributed by atoms with van der Waals surface area (Å²) in [5.41, 5.74) is 1.33.